The average molecular weight is 284 g/mol. The summed E-state index contributed by atoms with van der Waals surface area (Å²) < 4.78 is 0. The predicted molar refractivity (Wildman–Crippen MR) is 78.1 cm³/mol. The van der Waals surface area contributed by atoms with Crippen LogP contribution in [0.2, 0.25) is 0 Å². The number of piperidine rings is 1. The summed E-state index contributed by atoms with van der Waals surface area (Å²) in [4.78, 5) is 29.6. The minimum absolute atomic E-state index is 0.215. The van der Waals surface area contributed by atoms with Gasteiger partial charge in [-0.1, -0.05) is 6.07 Å². The maximum absolute atomic E-state index is 12.6. The molecular weight excluding hydrogens is 268 g/mol. The summed E-state index contributed by atoms with van der Waals surface area (Å²) in [5, 5.41) is 10.2. The Kier molecular flexibility index (Phi) is 3.56. The fraction of sp³-hybridized carbons (Fsp3) is 0.312. The highest BCUT2D eigenvalue weighted by Gasteiger charge is 2.32. The van der Waals surface area contributed by atoms with Gasteiger partial charge in [-0.15, -0.1) is 0 Å². The van der Waals surface area contributed by atoms with Crippen LogP contribution in [-0.2, 0) is 4.79 Å². The molecule has 108 valence electrons. The summed E-state index contributed by atoms with van der Waals surface area (Å²) in [5.41, 5.74) is 1.34. The molecule has 2 aromatic rings. The van der Waals surface area contributed by atoms with E-state index in [9.17, 15) is 14.7 Å². The largest absolute Gasteiger partial charge is 0.480 e. The van der Waals surface area contributed by atoms with Gasteiger partial charge in [-0.3, -0.25) is 9.78 Å². The number of fused-ring (bicyclic) bond motifs is 1. The molecule has 5 heteroatoms. The Morgan fingerprint density at radius 1 is 1.24 bits per heavy atom. The first-order valence-corrected chi connectivity index (χ1v) is 7.05. The molecule has 1 fully saturated rings. The Balaban J connectivity index is 1.93. The van der Waals surface area contributed by atoms with E-state index in [0.29, 0.717) is 18.5 Å². The zero-order valence-corrected chi connectivity index (χ0v) is 11.5. The molecule has 0 spiro atoms. The van der Waals surface area contributed by atoms with Crippen LogP contribution >= 0.6 is 0 Å². The normalized spacial score (nSPS) is 18.7. The molecule has 1 aromatic heterocycles. The van der Waals surface area contributed by atoms with Gasteiger partial charge in [-0.05, 0) is 43.5 Å². The predicted octanol–water partition coefficient (Wildman–Crippen LogP) is 2.31. The molecule has 1 aliphatic rings. The Morgan fingerprint density at radius 3 is 2.90 bits per heavy atom. The zero-order valence-electron chi connectivity index (χ0n) is 11.5. The smallest absolute Gasteiger partial charge is 0.326 e. The van der Waals surface area contributed by atoms with Crippen molar-refractivity contribution in [2.75, 3.05) is 6.54 Å². The molecule has 21 heavy (non-hydrogen) atoms. The van der Waals surface area contributed by atoms with Crippen molar-refractivity contribution in [3.63, 3.8) is 0 Å². The number of likely N-dealkylation sites (tertiary alicyclic amines) is 1. The Hall–Kier alpha value is -2.43. The second kappa shape index (κ2) is 5.52. The number of nitrogens with zero attached hydrogens (tertiary/aromatic N) is 2. The molecule has 2 heterocycles. The molecular formula is C16H16N2O3. The first-order chi connectivity index (χ1) is 10.2. The van der Waals surface area contributed by atoms with Gasteiger partial charge in [0, 0.05) is 23.7 Å². The Morgan fingerprint density at radius 2 is 2.10 bits per heavy atom. The van der Waals surface area contributed by atoms with Gasteiger partial charge in [0.25, 0.3) is 5.91 Å². The maximum Gasteiger partial charge on any atom is 0.326 e. The summed E-state index contributed by atoms with van der Waals surface area (Å²) in [5.74, 6) is -1.14. The minimum Gasteiger partial charge on any atom is -0.480 e. The lowest BCUT2D eigenvalue weighted by atomic mass is 10.0. The van der Waals surface area contributed by atoms with Crippen LogP contribution in [0.4, 0.5) is 0 Å². The van der Waals surface area contributed by atoms with Gasteiger partial charge in [0.2, 0.25) is 0 Å². The first kappa shape index (κ1) is 13.5. The van der Waals surface area contributed by atoms with Crippen LogP contribution in [0.5, 0.6) is 0 Å². The lowest BCUT2D eigenvalue weighted by molar-refractivity contribution is -0.143. The van der Waals surface area contributed by atoms with Gasteiger partial charge in [-0.2, -0.15) is 0 Å². The number of hydrogen-bond acceptors (Lipinski definition) is 3. The number of aromatic nitrogens is 1. The molecule has 1 aliphatic heterocycles. The Bertz CT molecular complexity index is 699. The zero-order chi connectivity index (χ0) is 14.8. The number of carboxylic acid groups (broad SMARTS) is 1. The number of amides is 1. The number of carboxylic acids is 1. The van der Waals surface area contributed by atoms with Crippen molar-refractivity contribution in [1.29, 1.82) is 0 Å². The minimum atomic E-state index is -0.925. The SMILES string of the molecule is O=C(O)[C@H]1CCCCN1C(=O)c1ccc2ncccc2c1. The summed E-state index contributed by atoms with van der Waals surface area (Å²) >= 11 is 0. The number of rotatable bonds is 2. The van der Waals surface area contributed by atoms with Crippen LogP contribution in [0.3, 0.4) is 0 Å². The van der Waals surface area contributed by atoms with Crippen molar-refractivity contribution in [3.8, 4) is 0 Å². The molecule has 5 nitrogen and oxygen atoms in total. The van der Waals surface area contributed by atoms with Gasteiger partial charge in [0.15, 0.2) is 0 Å². The van der Waals surface area contributed by atoms with E-state index in [2.05, 4.69) is 4.98 Å². The van der Waals surface area contributed by atoms with Crippen LogP contribution < -0.4 is 0 Å². The first-order valence-electron chi connectivity index (χ1n) is 7.05. The van der Waals surface area contributed by atoms with Crippen molar-refractivity contribution < 1.29 is 14.7 Å². The van der Waals surface area contributed by atoms with Gasteiger partial charge in [0.05, 0.1) is 5.52 Å². The molecule has 0 unspecified atom stereocenters. The van der Waals surface area contributed by atoms with E-state index in [1.54, 1.807) is 24.4 Å². The highest BCUT2D eigenvalue weighted by Crippen LogP contribution is 2.21. The highest BCUT2D eigenvalue weighted by atomic mass is 16.4. The van der Waals surface area contributed by atoms with E-state index in [1.807, 2.05) is 12.1 Å². The third-order valence-electron chi connectivity index (χ3n) is 3.90. The molecule has 0 saturated carbocycles. The fourth-order valence-electron chi connectivity index (χ4n) is 2.81. The molecule has 0 bridgehead atoms. The second-order valence-electron chi connectivity index (χ2n) is 5.26. The van der Waals surface area contributed by atoms with E-state index in [4.69, 9.17) is 0 Å². The maximum atomic E-state index is 12.6. The number of aliphatic carboxylic acids is 1. The lowest BCUT2D eigenvalue weighted by Crippen LogP contribution is -2.47. The van der Waals surface area contributed by atoms with Gasteiger partial charge >= 0.3 is 5.97 Å². The molecule has 1 saturated heterocycles. The van der Waals surface area contributed by atoms with Crippen LogP contribution in [0.25, 0.3) is 10.9 Å². The molecule has 0 aliphatic carbocycles. The van der Waals surface area contributed by atoms with E-state index in [-0.39, 0.29) is 5.91 Å². The van der Waals surface area contributed by atoms with E-state index in [0.717, 1.165) is 23.7 Å². The van der Waals surface area contributed by atoms with Crippen molar-refractivity contribution in [2.45, 2.75) is 25.3 Å². The standard InChI is InChI=1S/C16H16N2O3/c19-15(18-9-2-1-5-14(18)16(20)21)12-6-7-13-11(10-12)4-3-8-17-13/h3-4,6-8,10,14H,1-2,5,9H2,(H,20,21)/t14-/m1/s1. The molecule has 0 radical (unpaired) electrons. The quantitative estimate of drug-likeness (QED) is 0.918. The summed E-state index contributed by atoms with van der Waals surface area (Å²) in [6.07, 6.45) is 3.93. The fourth-order valence-corrected chi connectivity index (χ4v) is 2.81. The molecule has 1 aromatic carbocycles. The monoisotopic (exact) mass is 284 g/mol. The summed E-state index contributed by atoms with van der Waals surface area (Å²) in [7, 11) is 0. The number of benzene rings is 1. The number of pyridine rings is 1. The van der Waals surface area contributed by atoms with Crippen LogP contribution in [0.15, 0.2) is 36.5 Å². The number of carbonyl (C=O) groups excluding carboxylic acids is 1. The summed E-state index contributed by atoms with van der Waals surface area (Å²) in [6, 6.07) is 8.28. The van der Waals surface area contributed by atoms with Gasteiger partial charge < -0.3 is 10.0 Å². The molecule has 3 rings (SSSR count). The number of hydrogen-bond donors (Lipinski definition) is 1. The third-order valence-corrected chi connectivity index (χ3v) is 3.90. The van der Waals surface area contributed by atoms with Crippen LogP contribution in [-0.4, -0.2) is 39.5 Å². The molecule has 1 amide bonds. The summed E-state index contributed by atoms with van der Waals surface area (Å²) in [6.45, 7) is 0.501. The second-order valence-corrected chi connectivity index (χ2v) is 5.26. The lowest BCUT2D eigenvalue weighted by Gasteiger charge is -2.33. The van der Waals surface area contributed by atoms with Crippen molar-refractivity contribution in [3.05, 3.63) is 42.1 Å². The van der Waals surface area contributed by atoms with E-state index >= 15 is 0 Å². The highest BCUT2D eigenvalue weighted by molar-refractivity contribution is 5.99. The van der Waals surface area contributed by atoms with Crippen LogP contribution in [0, 0.1) is 0 Å². The van der Waals surface area contributed by atoms with Crippen molar-refractivity contribution >= 4 is 22.8 Å². The van der Waals surface area contributed by atoms with Crippen LogP contribution in [0.1, 0.15) is 29.6 Å². The third kappa shape index (κ3) is 2.59. The van der Waals surface area contributed by atoms with Gasteiger partial charge in [-0.25, -0.2) is 4.79 Å². The van der Waals surface area contributed by atoms with Gasteiger partial charge in [0.1, 0.15) is 6.04 Å². The van der Waals surface area contributed by atoms with Crippen molar-refractivity contribution in [2.24, 2.45) is 0 Å². The Labute approximate surface area is 122 Å². The van der Waals surface area contributed by atoms with E-state index < -0.39 is 12.0 Å². The molecule has 1 atom stereocenters. The average Bonchev–Trinajstić information content (AvgIpc) is 2.53. The van der Waals surface area contributed by atoms with Crippen molar-refractivity contribution in [1.82, 2.24) is 9.88 Å². The van der Waals surface area contributed by atoms with E-state index in [1.165, 1.54) is 4.90 Å². The number of carbonyl (C=O) groups is 2. The topological polar surface area (TPSA) is 70.5 Å². The molecule has 1 N–H and O–H groups in total.